The zero-order valence-corrected chi connectivity index (χ0v) is 13.9. The SMILES string of the molecule is CCOCCCN(Cc1nc(C(=O)OC)co1)C(=O)C(Cl)Cl. The molecule has 0 radical (unpaired) electrons. The van der Waals surface area contributed by atoms with Crippen LogP contribution in [-0.2, 0) is 20.8 Å². The number of oxazole rings is 1. The predicted octanol–water partition coefficient (Wildman–Crippen LogP) is 2.02. The molecule has 0 unspecified atom stereocenters. The van der Waals surface area contributed by atoms with Gasteiger partial charge in [0.25, 0.3) is 5.91 Å². The van der Waals surface area contributed by atoms with Crippen LogP contribution in [-0.4, -0.2) is 53.5 Å². The van der Waals surface area contributed by atoms with Crippen molar-refractivity contribution in [1.82, 2.24) is 9.88 Å². The Balaban J connectivity index is 2.68. The largest absolute Gasteiger partial charge is 0.464 e. The fourth-order valence-corrected chi connectivity index (χ4v) is 1.93. The molecular formula is C13H18Cl2N2O5. The van der Waals surface area contributed by atoms with Gasteiger partial charge >= 0.3 is 5.97 Å². The Labute approximate surface area is 138 Å². The van der Waals surface area contributed by atoms with E-state index in [1.165, 1.54) is 18.3 Å². The quantitative estimate of drug-likeness (QED) is 0.384. The maximum atomic E-state index is 12.0. The van der Waals surface area contributed by atoms with Gasteiger partial charge in [-0.05, 0) is 13.3 Å². The summed E-state index contributed by atoms with van der Waals surface area (Å²) in [7, 11) is 1.24. The van der Waals surface area contributed by atoms with Crippen molar-refractivity contribution < 1.29 is 23.5 Å². The van der Waals surface area contributed by atoms with E-state index >= 15 is 0 Å². The zero-order chi connectivity index (χ0) is 16.5. The van der Waals surface area contributed by atoms with E-state index < -0.39 is 16.7 Å². The lowest BCUT2D eigenvalue weighted by molar-refractivity contribution is -0.130. The summed E-state index contributed by atoms with van der Waals surface area (Å²) in [5, 5.41) is 0. The predicted molar refractivity (Wildman–Crippen MR) is 79.9 cm³/mol. The number of hydrogen-bond donors (Lipinski definition) is 0. The minimum absolute atomic E-state index is 0.0347. The van der Waals surface area contributed by atoms with Gasteiger partial charge in [0.15, 0.2) is 10.5 Å². The Kier molecular flexibility index (Phi) is 8.22. The standard InChI is InChI=1S/C13H18Cl2N2O5/c1-3-21-6-4-5-17(12(18)11(14)15)7-10-16-9(8-22-10)13(19)20-2/h8,11H,3-7H2,1-2H3. The van der Waals surface area contributed by atoms with E-state index in [1.807, 2.05) is 6.92 Å². The van der Waals surface area contributed by atoms with E-state index in [9.17, 15) is 9.59 Å². The lowest BCUT2D eigenvalue weighted by atomic mass is 10.3. The van der Waals surface area contributed by atoms with Crippen molar-refractivity contribution in [3.05, 3.63) is 17.8 Å². The maximum absolute atomic E-state index is 12.0. The second-order valence-corrected chi connectivity index (χ2v) is 5.33. The first-order valence-corrected chi connectivity index (χ1v) is 7.54. The van der Waals surface area contributed by atoms with Crippen molar-refractivity contribution in [2.45, 2.75) is 24.7 Å². The first kappa shape index (κ1) is 18.7. The Bertz CT molecular complexity index is 493. The van der Waals surface area contributed by atoms with E-state index in [1.54, 1.807) is 0 Å². The second-order valence-electron chi connectivity index (χ2n) is 4.23. The molecule has 0 spiro atoms. The topological polar surface area (TPSA) is 81.9 Å². The van der Waals surface area contributed by atoms with Crippen LogP contribution >= 0.6 is 23.2 Å². The number of hydrogen-bond acceptors (Lipinski definition) is 6. The van der Waals surface area contributed by atoms with Gasteiger partial charge in [-0.1, -0.05) is 23.2 Å². The van der Waals surface area contributed by atoms with Gasteiger partial charge in [-0.15, -0.1) is 0 Å². The number of rotatable bonds is 9. The summed E-state index contributed by atoms with van der Waals surface area (Å²) in [5.41, 5.74) is 0.0347. The molecular weight excluding hydrogens is 335 g/mol. The van der Waals surface area contributed by atoms with E-state index in [0.29, 0.717) is 26.2 Å². The molecule has 0 atom stereocenters. The van der Waals surface area contributed by atoms with Crippen LogP contribution in [0.1, 0.15) is 29.7 Å². The lowest BCUT2D eigenvalue weighted by Crippen LogP contribution is -2.35. The molecule has 0 aliphatic carbocycles. The van der Waals surface area contributed by atoms with Crippen molar-refractivity contribution in [3.63, 3.8) is 0 Å². The van der Waals surface area contributed by atoms with Gasteiger partial charge in [-0.25, -0.2) is 9.78 Å². The van der Waals surface area contributed by atoms with E-state index in [0.717, 1.165) is 0 Å². The Morgan fingerprint density at radius 2 is 2.18 bits per heavy atom. The highest BCUT2D eigenvalue weighted by Gasteiger charge is 2.23. The van der Waals surface area contributed by atoms with Crippen LogP contribution in [0.5, 0.6) is 0 Å². The summed E-state index contributed by atoms with van der Waals surface area (Å²) < 4.78 is 14.9. The molecule has 1 aromatic rings. The first-order chi connectivity index (χ1) is 10.5. The minimum atomic E-state index is -1.18. The summed E-state index contributed by atoms with van der Waals surface area (Å²) in [6, 6.07) is 0. The van der Waals surface area contributed by atoms with Gasteiger partial charge in [-0.2, -0.15) is 0 Å². The molecule has 0 bridgehead atoms. The fraction of sp³-hybridized carbons (Fsp3) is 0.615. The average molecular weight is 353 g/mol. The monoisotopic (exact) mass is 352 g/mol. The maximum Gasteiger partial charge on any atom is 0.360 e. The molecule has 22 heavy (non-hydrogen) atoms. The third-order valence-electron chi connectivity index (χ3n) is 2.69. The summed E-state index contributed by atoms with van der Waals surface area (Å²) in [6.07, 6.45) is 1.79. The molecule has 0 saturated carbocycles. The molecule has 7 nitrogen and oxygen atoms in total. The molecule has 0 aromatic carbocycles. The highest BCUT2D eigenvalue weighted by atomic mass is 35.5. The van der Waals surface area contributed by atoms with Crippen LogP contribution in [0.3, 0.4) is 0 Å². The number of nitrogens with zero attached hydrogens (tertiary/aromatic N) is 2. The Hall–Kier alpha value is -1.31. The van der Waals surface area contributed by atoms with Gasteiger partial charge in [-0.3, -0.25) is 4.79 Å². The second kappa shape index (κ2) is 9.66. The van der Waals surface area contributed by atoms with Crippen molar-refractivity contribution in [2.24, 2.45) is 0 Å². The van der Waals surface area contributed by atoms with Crippen LogP contribution < -0.4 is 0 Å². The molecule has 1 heterocycles. The fourth-order valence-electron chi connectivity index (χ4n) is 1.65. The van der Waals surface area contributed by atoms with Gasteiger partial charge in [0.1, 0.15) is 6.26 Å². The van der Waals surface area contributed by atoms with Crippen LogP contribution in [0.4, 0.5) is 0 Å². The number of carbonyl (C=O) groups is 2. The third-order valence-corrected chi connectivity index (χ3v) is 3.06. The molecule has 1 amide bonds. The molecule has 0 aliphatic rings. The summed E-state index contributed by atoms with van der Waals surface area (Å²) in [5.74, 6) is -0.881. The first-order valence-electron chi connectivity index (χ1n) is 6.67. The van der Waals surface area contributed by atoms with Crippen molar-refractivity contribution in [1.29, 1.82) is 0 Å². The summed E-state index contributed by atoms with van der Waals surface area (Å²) >= 11 is 11.3. The lowest BCUT2D eigenvalue weighted by Gasteiger charge is -2.21. The number of ether oxygens (including phenoxy) is 2. The van der Waals surface area contributed by atoms with Gasteiger partial charge in [0, 0.05) is 19.8 Å². The molecule has 0 aliphatic heterocycles. The Morgan fingerprint density at radius 3 is 2.77 bits per heavy atom. The van der Waals surface area contributed by atoms with Crippen LogP contribution in [0.25, 0.3) is 0 Å². The van der Waals surface area contributed by atoms with Crippen molar-refractivity contribution in [3.8, 4) is 0 Å². The molecule has 0 saturated heterocycles. The number of esters is 1. The van der Waals surface area contributed by atoms with Crippen molar-refractivity contribution in [2.75, 3.05) is 26.9 Å². The smallest absolute Gasteiger partial charge is 0.360 e. The Morgan fingerprint density at radius 1 is 1.45 bits per heavy atom. The highest BCUT2D eigenvalue weighted by molar-refractivity contribution is 6.53. The number of aromatic nitrogens is 1. The molecule has 1 rings (SSSR count). The summed E-state index contributed by atoms with van der Waals surface area (Å²) in [6.45, 7) is 3.43. The van der Waals surface area contributed by atoms with Crippen molar-refractivity contribution >= 4 is 35.1 Å². The number of methoxy groups -OCH3 is 1. The molecule has 0 N–H and O–H groups in total. The number of halogens is 2. The highest BCUT2D eigenvalue weighted by Crippen LogP contribution is 2.13. The molecule has 0 fully saturated rings. The van der Waals surface area contributed by atoms with Gasteiger partial charge < -0.3 is 18.8 Å². The minimum Gasteiger partial charge on any atom is -0.464 e. The van der Waals surface area contributed by atoms with Gasteiger partial charge in [0.2, 0.25) is 5.89 Å². The summed E-state index contributed by atoms with van der Waals surface area (Å²) in [4.78, 5) is 27.5. The van der Waals surface area contributed by atoms with Crippen LogP contribution in [0.2, 0.25) is 0 Å². The van der Waals surface area contributed by atoms with Crippen LogP contribution in [0.15, 0.2) is 10.7 Å². The number of alkyl halides is 2. The normalized spacial score (nSPS) is 10.8. The number of amides is 1. The molecule has 1 aromatic heterocycles. The van der Waals surface area contributed by atoms with E-state index in [4.69, 9.17) is 32.4 Å². The van der Waals surface area contributed by atoms with Crippen LogP contribution in [0, 0.1) is 0 Å². The number of carbonyl (C=O) groups excluding carboxylic acids is 2. The van der Waals surface area contributed by atoms with Gasteiger partial charge in [0.05, 0.1) is 13.7 Å². The molecule has 124 valence electrons. The third kappa shape index (κ3) is 5.82. The zero-order valence-electron chi connectivity index (χ0n) is 12.4. The van der Waals surface area contributed by atoms with E-state index in [-0.39, 0.29) is 18.1 Å². The van der Waals surface area contributed by atoms with E-state index in [2.05, 4.69) is 9.72 Å². The molecule has 9 heteroatoms. The average Bonchev–Trinajstić information content (AvgIpc) is 2.97.